The third kappa shape index (κ3) is 6.04. The molecule has 1 N–H and O–H groups in total. The monoisotopic (exact) mass is 456 g/mol. The molecule has 3 aromatic carbocycles. The second-order valence-corrected chi connectivity index (χ2v) is 8.80. The first-order chi connectivity index (χ1) is 16.6. The van der Waals surface area contributed by atoms with Crippen molar-refractivity contribution < 1.29 is 14.3 Å². The van der Waals surface area contributed by atoms with E-state index in [4.69, 9.17) is 4.74 Å². The summed E-state index contributed by atoms with van der Waals surface area (Å²) in [7, 11) is 1.71. The lowest BCUT2D eigenvalue weighted by atomic mass is 9.95. The highest BCUT2D eigenvalue weighted by atomic mass is 16.5. The number of carbonyl (C=O) groups excluding carboxylic acids is 2. The zero-order valence-corrected chi connectivity index (χ0v) is 19.7. The van der Waals surface area contributed by atoms with Crippen LogP contribution in [0.25, 0.3) is 0 Å². The Morgan fingerprint density at radius 1 is 0.882 bits per heavy atom. The minimum atomic E-state index is -0.172. The summed E-state index contributed by atoms with van der Waals surface area (Å²) >= 11 is 0. The minimum absolute atomic E-state index is 0.121. The van der Waals surface area contributed by atoms with Gasteiger partial charge in [0.25, 0.3) is 11.8 Å². The Morgan fingerprint density at radius 3 is 2.29 bits per heavy atom. The van der Waals surface area contributed by atoms with Gasteiger partial charge in [-0.3, -0.25) is 9.59 Å². The first-order valence-corrected chi connectivity index (χ1v) is 12.1. The molecule has 2 amide bonds. The molecule has 0 bridgehead atoms. The number of rotatable bonds is 8. The molecule has 4 rings (SSSR count). The highest BCUT2D eigenvalue weighted by molar-refractivity contribution is 6.10. The standard InChI is InChI=1S/C29H32N2O3/c1-31(27-15-9-8-14-26(27)28(32)30-24-12-6-3-7-13-24)29(33)23-16-18-25(19-17-23)34-21-20-22-10-4-2-5-11-22/h2,4-5,8-11,14-19,24H,3,6-7,12-13,20-21H2,1H3,(H,30,32). The van der Waals surface area contributed by atoms with Crippen LogP contribution in [0.4, 0.5) is 5.69 Å². The van der Waals surface area contributed by atoms with Crippen molar-refractivity contribution in [2.24, 2.45) is 0 Å². The molecule has 0 unspecified atom stereocenters. The third-order valence-electron chi connectivity index (χ3n) is 6.36. The van der Waals surface area contributed by atoms with Crippen molar-refractivity contribution in [3.63, 3.8) is 0 Å². The van der Waals surface area contributed by atoms with E-state index in [1.165, 1.54) is 12.0 Å². The fraction of sp³-hybridized carbons (Fsp3) is 0.310. The maximum atomic E-state index is 13.2. The number of nitrogens with zero attached hydrogens (tertiary/aromatic N) is 1. The molecule has 0 spiro atoms. The zero-order chi connectivity index (χ0) is 23.8. The summed E-state index contributed by atoms with van der Waals surface area (Å²) in [5.74, 6) is 0.431. The van der Waals surface area contributed by atoms with Crippen LogP contribution in [0.5, 0.6) is 5.75 Å². The van der Waals surface area contributed by atoms with E-state index in [2.05, 4.69) is 17.4 Å². The Morgan fingerprint density at radius 2 is 1.56 bits per heavy atom. The normalized spacial score (nSPS) is 13.8. The number of benzene rings is 3. The number of amides is 2. The Labute approximate surface area is 201 Å². The van der Waals surface area contributed by atoms with Gasteiger partial charge in [-0.25, -0.2) is 0 Å². The summed E-state index contributed by atoms with van der Waals surface area (Å²) in [4.78, 5) is 27.7. The van der Waals surface area contributed by atoms with Gasteiger partial charge in [0, 0.05) is 25.1 Å². The first kappa shape index (κ1) is 23.6. The minimum Gasteiger partial charge on any atom is -0.493 e. The number of hydrogen-bond donors (Lipinski definition) is 1. The third-order valence-corrected chi connectivity index (χ3v) is 6.36. The molecule has 1 saturated carbocycles. The van der Waals surface area contributed by atoms with Crippen LogP contribution in [0.15, 0.2) is 78.9 Å². The lowest BCUT2D eigenvalue weighted by molar-refractivity contribution is 0.0928. The summed E-state index contributed by atoms with van der Waals surface area (Å²) in [6.45, 7) is 0.570. The molecule has 1 aliphatic rings. The van der Waals surface area contributed by atoms with Gasteiger partial charge < -0.3 is 15.0 Å². The first-order valence-electron chi connectivity index (χ1n) is 12.1. The van der Waals surface area contributed by atoms with Gasteiger partial charge in [-0.15, -0.1) is 0 Å². The van der Waals surface area contributed by atoms with Crippen LogP contribution >= 0.6 is 0 Å². The van der Waals surface area contributed by atoms with Crippen molar-refractivity contribution >= 4 is 17.5 Å². The molecule has 1 fully saturated rings. The average Bonchev–Trinajstić information content (AvgIpc) is 2.89. The predicted molar refractivity (Wildman–Crippen MR) is 136 cm³/mol. The van der Waals surface area contributed by atoms with E-state index >= 15 is 0 Å². The van der Waals surface area contributed by atoms with Crippen molar-refractivity contribution in [3.8, 4) is 5.75 Å². The van der Waals surface area contributed by atoms with Gasteiger partial charge in [0.2, 0.25) is 0 Å². The lowest BCUT2D eigenvalue weighted by Crippen LogP contribution is -2.37. The summed E-state index contributed by atoms with van der Waals surface area (Å²) in [5, 5.41) is 3.15. The second-order valence-electron chi connectivity index (χ2n) is 8.80. The van der Waals surface area contributed by atoms with E-state index in [0.717, 1.165) is 37.9 Å². The van der Waals surface area contributed by atoms with Crippen molar-refractivity contribution in [2.75, 3.05) is 18.6 Å². The Bertz CT molecular complexity index is 1090. The molecular formula is C29H32N2O3. The summed E-state index contributed by atoms with van der Waals surface area (Å²) in [6, 6.07) is 24.8. The Kier molecular flexibility index (Phi) is 7.97. The van der Waals surface area contributed by atoms with Gasteiger partial charge in [-0.05, 0) is 54.8 Å². The van der Waals surface area contributed by atoms with E-state index in [-0.39, 0.29) is 17.9 Å². The van der Waals surface area contributed by atoms with E-state index in [1.807, 2.05) is 48.5 Å². The summed E-state index contributed by atoms with van der Waals surface area (Å²) in [6.07, 6.45) is 6.39. The highest BCUT2D eigenvalue weighted by Gasteiger charge is 2.22. The zero-order valence-electron chi connectivity index (χ0n) is 19.7. The SMILES string of the molecule is CN(C(=O)c1ccc(OCCc2ccccc2)cc1)c1ccccc1C(=O)NC1CCCCC1. The highest BCUT2D eigenvalue weighted by Crippen LogP contribution is 2.24. The van der Waals surface area contributed by atoms with Crippen LogP contribution in [0.3, 0.4) is 0 Å². The van der Waals surface area contributed by atoms with Crippen molar-refractivity contribution in [1.29, 1.82) is 0 Å². The van der Waals surface area contributed by atoms with Gasteiger partial charge in [-0.2, -0.15) is 0 Å². The number of nitrogens with one attached hydrogen (secondary N) is 1. The molecule has 0 saturated heterocycles. The lowest BCUT2D eigenvalue weighted by Gasteiger charge is -2.25. The van der Waals surface area contributed by atoms with Crippen LogP contribution in [0.1, 0.15) is 58.4 Å². The van der Waals surface area contributed by atoms with Crippen LogP contribution < -0.4 is 15.0 Å². The molecule has 0 atom stereocenters. The number of anilines is 1. The number of ether oxygens (including phenoxy) is 1. The molecule has 176 valence electrons. The fourth-order valence-electron chi connectivity index (χ4n) is 4.40. The van der Waals surface area contributed by atoms with Gasteiger partial charge in [-0.1, -0.05) is 61.7 Å². The largest absolute Gasteiger partial charge is 0.493 e. The maximum absolute atomic E-state index is 13.2. The summed E-state index contributed by atoms with van der Waals surface area (Å²) < 4.78 is 5.83. The van der Waals surface area contributed by atoms with Gasteiger partial charge in [0.05, 0.1) is 17.9 Å². The smallest absolute Gasteiger partial charge is 0.258 e. The molecule has 0 heterocycles. The van der Waals surface area contributed by atoms with E-state index in [0.29, 0.717) is 23.4 Å². The molecule has 0 aliphatic heterocycles. The maximum Gasteiger partial charge on any atom is 0.258 e. The van der Waals surface area contributed by atoms with E-state index in [1.54, 1.807) is 30.1 Å². The Hall–Kier alpha value is -3.60. The van der Waals surface area contributed by atoms with Crippen molar-refractivity contribution in [3.05, 3.63) is 95.6 Å². The van der Waals surface area contributed by atoms with Gasteiger partial charge >= 0.3 is 0 Å². The van der Waals surface area contributed by atoms with E-state index in [9.17, 15) is 9.59 Å². The van der Waals surface area contributed by atoms with Gasteiger partial charge in [0.15, 0.2) is 0 Å². The van der Waals surface area contributed by atoms with Gasteiger partial charge in [0.1, 0.15) is 5.75 Å². The molecule has 0 aromatic heterocycles. The molecule has 1 aliphatic carbocycles. The topological polar surface area (TPSA) is 58.6 Å². The van der Waals surface area contributed by atoms with Crippen LogP contribution in [0.2, 0.25) is 0 Å². The number of carbonyl (C=O) groups is 2. The van der Waals surface area contributed by atoms with Crippen LogP contribution in [-0.4, -0.2) is 31.5 Å². The Balaban J connectivity index is 1.38. The summed E-state index contributed by atoms with van der Waals surface area (Å²) in [5.41, 5.74) is 2.89. The molecule has 5 heteroatoms. The molecule has 5 nitrogen and oxygen atoms in total. The molecule has 0 radical (unpaired) electrons. The fourth-order valence-corrected chi connectivity index (χ4v) is 4.40. The van der Waals surface area contributed by atoms with E-state index < -0.39 is 0 Å². The quantitative estimate of drug-likeness (QED) is 0.477. The molecule has 34 heavy (non-hydrogen) atoms. The van der Waals surface area contributed by atoms with Crippen LogP contribution in [-0.2, 0) is 6.42 Å². The second kappa shape index (κ2) is 11.5. The van der Waals surface area contributed by atoms with Crippen molar-refractivity contribution in [1.82, 2.24) is 5.32 Å². The number of para-hydroxylation sites is 1. The molecular weight excluding hydrogens is 424 g/mol. The van der Waals surface area contributed by atoms with Crippen LogP contribution in [0, 0.1) is 0 Å². The molecule has 3 aromatic rings. The number of hydrogen-bond acceptors (Lipinski definition) is 3. The average molecular weight is 457 g/mol. The predicted octanol–water partition coefficient (Wildman–Crippen LogP) is 5.65. The van der Waals surface area contributed by atoms with Crippen molar-refractivity contribution in [2.45, 2.75) is 44.6 Å².